The van der Waals surface area contributed by atoms with Crippen molar-refractivity contribution in [2.45, 2.75) is 57.0 Å². The molecule has 1 saturated heterocycles. The molecule has 2 amide bonds. The van der Waals surface area contributed by atoms with E-state index in [1.807, 2.05) is 44.2 Å². The summed E-state index contributed by atoms with van der Waals surface area (Å²) in [5.41, 5.74) is 2.20. The normalized spacial score (nSPS) is 14.6. The van der Waals surface area contributed by atoms with Gasteiger partial charge in [0.25, 0.3) is 0 Å². The van der Waals surface area contributed by atoms with Crippen LogP contribution < -0.4 is 5.32 Å². The second kappa shape index (κ2) is 13.9. The van der Waals surface area contributed by atoms with Crippen molar-refractivity contribution in [2.24, 2.45) is 5.92 Å². The molecule has 1 aliphatic heterocycles. The number of halogens is 1. The Morgan fingerprint density at radius 1 is 0.902 bits per heavy atom. The molecule has 9 heteroatoms. The molecular formula is C32H38FN3O4S. The number of benzene rings is 3. The zero-order valence-corrected chi connectivity index (χ0v) is 24.4. The van der Waals surface area contributed by atoms with Gasteiger partial charge in [0.05, 0.1) is 4.90 Å². The molecule has 1 fully saturated rings. The molecule has 0 unspecified atom stereocenters. The van der Waals surface area contributed by atoms with Gasteiger partial charge in [-0.25, -0.2) is 12.8 Å². The second-order valence-corrected chi connectivity index (χ2v) is 12.8. The molecule has 0 aromatic heterocycles. The van der Waals surface area contributed by atoms with Gasteiger partial charge in [-0.15, -0.1) is 0 Å². The average Bonchev–Trinajstić information content (AvgIpc) is 3.53. The minimum absolute atomic E-state index is 0.111. The lowest BCUT2D eigenvalue weighted by Gasteiger charge is -2.32. The summed E-state index contributed by atoms with van der Waals surface area (Å²) in [6, 6.07) is 20.9. The monoisotopic (exact) mass is 579 g/mol. The summed E-state index contributed by atoms with van der Waals surface area (Å²) in [5.74, 6) is -0.668. The minimum atomic E-state index is -3.51. The Morgan fingerprint density at radius 3 is 2.12 bits per heavy atom. The summed E-state index contributed by atoms with van der Waals surface area (Å²) in [6.45, 7) is 5.67. The first-order valence-corrected chi connectivity index (χ1v) is 15.5. The summed E-state index contributed by atoms with van der Waals surface area (Å²) < 4.78 is 40.9. The van der Waals surface area contributed by atoms with Gasteiger partial charge < -0.3 is 10.2 Å². The molecular weight excluding hydrogens is 541 g/mol. The van der Waals surface area contributed by atoms with Crippen LogP contribution in [0.3, 0.4) is 0 Å². The lowest BCUT2D eigenvalue weighted by Crippen LogP contribution is -2.44. The Balaban J connectivity index is 1.56. The molecule has 1 N–H and O–H groups in total. The van der Waals surface area contributed by atoms with E-state index in [2.05, 4.69) is 5.32 Å². The fourth-order valence-electron chi connectivity index (χ4n) is 4.92. The number of aryl methyl sites for hydroxylation is 1. The molecule has 0 bridgehead atoms. The smallest absolute Gasteiger partial charge is 0.247 e. The maximum atomic E-state index is 13.8. The van der Waals surface area contributed by atoms with Crippen LogP contribution in [0.15, 0.2) is 83.8 Å². The van der Waals surface area contributed by atoms with Crippen LogP contribution in [-0.4, -0.2) is 49.1 Å². The third-order valence-electron chi connectivity index (χ3n) is 7.20. The highest BCUT2D eigenvalue weighted by atomic mass is 32.2. The predicted octanol–water partition coefficient (Wildman–Crippen LogP) is 5.09. The first kappa shape index (κ1) is 30.4. The van der Waals surface area contributed by atoms with Gasteiger partial charge in [0.1, 0.15) is 11.9 Å². The minimum Gasteiger partial charge on any atom is -0.354 e. The van der Waals surface area contributed by atoms with Crippen molar-refractivity contribution >= 4 is 21.8 Å². The van der Waals surface area contributed by atoms with Gasteiger partial charge >= 0.3 is 0 Å². The summed E-state index contributed by atoms with van der Waals surface area (Å²) >= 11 is 0. The highest BCUT2D eigenvalue weighted by Gasteiger charge is 2.31. The average molecular weight is 580 g/mol. The van der Waals surface area contributed by atoms with Crippen LogP contribution in [0.2, 0.25) is 0 Å². The number of sulfonamides is 1. The molecule has 0 aliphatic carbocycles. The fourth-order valence-corrected chi connectivity index (χ4v) is 6.44. The first-order valence-electron chi connectivity index (χ1n) is 14.1. The molecule has 0 spiro atoms. The van der Waals surface area contributed by atoms with Crippen molar-refractivity contribution in [3.05, 3.63) is 101 Å². The van der Waals surface area contributed by atoms with Gasteiger partial charge in [-0.1, -0.05) is 68.4 Å². The van der Waals surface area contributed by atoms with Crippen LogP contribution in [0, 0.1) is 11.7 Å². The van der Waals surface area contributed by atoms with E-state index < -0.39 is 16.1 Å². The van der Waals surface area contributed by atoms with Crippen molar-refractivity contribution in [1.82, 2.24) is 14.5 Å². The van der Waals surface area contributed by atoms with Gasteiger partial charge in [-0.3, -0.25) is 9.59 Å². The van der Waals surface area contributed by atoms with Gasteiger partial charge in [-0.05, 0) is 66.1 Å². The maximum Gasteiger partial charge on any atom is 0.247 e. The predicted molar refractivity (Wildman–Crippen MR) is 157 cm³/mol. The van der Waals surface area contributed by atoms with Crippen molar-refractivity contribution in [2.75, 3.05) is 19.6 Å². The standard InChI is InChI=1S/C32H38FN3O4S/c1-24(2)22-34-32(38)31(27-8-4-3-5-9-27)36(23-26-10-15-28(33)16-11-26)30(37)19-14-25-12-17-29(18-13-25)41(39,40)35-20-6-7-21-35/h3-5,8-13,15-18,24,31H,6-7,14,19-23H2,1-2H3,(H,34,38)/t31-/m1/s1. The first-order chi connectivity index (χ1) is 19.6. The van der Waals surface area contributed by atoms with E-state index in [1.54, 1.807) is 41.3 Å². The van der Waals surface area contributed by atoms with Crippen molar-refractivity contribution in [3.63, 3.8) is 0 Å². The van der Waals surface area contributed by atoms with E-state index in [0.29, 0.717) is 37.2 Å². The van der Waals surface area contributed by atoms with Crippen LogP contribution >= 0.6 is 0 Å². The summed E-state index contributed by atoms with van der Waals surface area (Å²) in [6.07, 6.45) is 2.22. The van der Waals surface area contributed by atoms with Gasteiger partial charge in [0.2, 0.25) is 21.8 Å². The topological polar surface area (TPSA) is 86.8 Å². The zero-order chi connectivity index (χ0) is 29.4. The van der Waals surface area contributed by atoms with Crippen LogP contribution in [0.5, 0.6) is 0 Å². The Kier molecular flexibility index (Phi) is 10.3. The van der Waals surface area contributed by atoms with E-state index in [-0.39, 0.29) is 41.4 Å². The molecule has 1 atom stereocenters. The number of nitrogens with one attached hydrogen (secondary N) is 1. The van der Waals surface area contributed by atoms with Crippen LogP contribution in [-0.2, 0) is 32.6 Å². The molecule has 3 aromatic rings. The lowest BCUT2D eigenvalue weighted by atomic mass is 10.0. The van der Waals surface area contributed by atoms with E-state index in [0.717, 1.165) is 18.4 Å². The second-order valence-electron chi connectivity index (χ2n) is 10.9. The number of hydrogen-bond acceptors (Lipinski definition) is 4. The third-order valence-corrected chi connectivity index (χ3v) is 9.11. The molecule has 7 nitrogen and oxygen atoms in total. The number of carbonyl (C=O) groups excluding carboxylic acids is 2. The van der Waals surface area contributed by atoms with Crippen molar-refractivity contribution in [1.29, 1.82) is 0 Å². The highest BCUT2D eigenvalue weighted by Crippen LogP contribution is 2.26. The van der Waals surface area contributed by atoms with Gasteiger partial charge in [0.15, 0.2) is 0 Å². The summed E-state index contributed by atoms with van der Waals surface area (Å²) in [4.78, 5) is 29.1. The summed E-state index contributed by atoms with van der Waals surface area (Å²) in [5, 5.41) is 2.97. The maximum absolute atomic E-state index is 13.8. The quantitative estimate of drug-likeness (QED) is 0.324. The van der Waals surface area contributed by atoms with Crippen molar-refractivity contribution < 1.29 is 22.4 Å². The number of carbonyl (C=O) groups is 2. The van der Waals surface area contributed by atoms with Gasteiger partial charge in [0, 0.05) is 32.6 Å². The highest BCUT2D eigenvalue weighted by molar-refractivity contribution is 7.89. The Bertz CT molecular complexity index is 1410. The van der Waals surface area contributed by atoms with E-state index in [9.17, 15) is 22.4 Å². The molecule has 4 rings (SSSR count). The zero-order valence-electron chi connectivity index (χ0n) is 23.6. The molecule has 41 heavy (non-hydrogen) atoms. The molecule has 1 aliphatic rings. The fraction of sp³-hybridized carbons (Fsp3) is 0.375. The Morgan fingerprint density at radius 2 is 1.51 bits per heavy atom. The largest absolute Gasteiger partial charge is 0.354 e. The molecule has 3 aromatic carbocycles. The lowest BCUT2D eigenvalue weighted by molar-refractivity contribution is -0.141. The van der Waals surface area contributed by atoms with E-state index in [4.69, 9.17) is 0 Å². The molecule has 0 radical (unpaired) electrons. The van der Waals surface area contributed by atoms with E-state index in [1.165, 1.54) is 16.4 Å². The number of hydrogen-bond donors (Lipinski definition) is 1. The molecule has 0 saturated carbocycles. The molecule has 218 valence electrons. The number of amides is 2. The number of nitrogens with zero attached hydrogens (tertiary/aromatic N) is 2. The molecule has 1 heterocycles. The third kappa shape index (κ3) is 8.01. The Hall–Kier alpha value is -3.56. The number of rotatable bonds is 12. The van der Waals surface area contributed by atoms with Crippen LogP contribution in [0.25, 0.3) is 0 Å². The van der Waals surface area contributed by atoms with Crippen LogP contribution in [0.4, 0.5) is 4.39 Å². The Labute approximate surface area is 242 Å². The van der Waals surface area contributed by atoms with Gasteiger partial charge in [-0.2, -0.15) is 4.31 Å². The van der Waals surface area contributed by atoms with Crippen molar-refractivity contribution in [3.8, 4) is 0 Å². The summed E-state index contributed by atoms with van der Waals surface area (Å²) in [7, 11) is -3.51. The van der Waals surface area contributed by atoms with E-state index >= 15 is 0 Å². The van der Waals surface area contributed by atoms with Crippen LogP contribution in [0.1, 0.15) is 55.8 Å². The SMILES string of the molecule is CC(C)CNC(=O)[C@@H](c1ccccc1)N(Cc1ccc(F)cc1)C(=O)CCc1ccc(S(=O)(=O)N2CCCC2)cc1.